The largest absolute Gasteiger partial charge is 0.456 e. The monoisotopic (exact) mass is 451 g/mol. The van der Waals surface area contributed by atoms with Gasteiger partial charge in [-0.05, 0) is 55.3 Å². The highest BCUT2D eigenvalue weighted by Crippen LogP contribution is 2.31. The predicted octanol–water partition coefficient (Wildman–Crippen LogP) is 5.41. The lowest BCUT2D eigenvalue weighted by Crippen LogP contribution is -2.20. The molecule has 4 aromatic rings. The van der Waals surface area contributed by atoms with Gasteiger partial charge in [-0.25, -0.2) is 4.98 Å². The number of rotatable bonds is 4. The van der Waals surface area contributed by atoms with E-state index in [1.165, 1.54) is 11.3 Å². The fraction of sp³-hybridized carbons (Fsp3) is 0.174. The summed E-state index contributed by atoms with van der Waals surface area (Å²) in [6.07, 6.45) is 1.73. The fourth-order valence-corrected chi connectivity index (χ4v) is 5.00. The predicted molar refractivity (Wildman–Crippen MR) is 123 cm³/mol. The third-order valence-electron chi connectivity index (χ3n) is 5.29. The summed E-state index contributed by atoms with van der Waals surface area (Å²) in [5, 5.41) is 3.96. The van der Waals surface area contributed by atoms with Crippen LogP contribution in [0.5, 0.6) is 11.5 Å². The number of thiophene rings is 1. The van der Waals surface area contributed by atoms with Gasteiger partial charge < -0.3 is 10.1 Å². The van der Waals surface area contributed by atoms with Crippen molar-refractivity contribution >= 4 is 44.7 Å². The number of carbonyl (C=O) groups excluding carboxylic acids is 1. The van der Waals surface area contributed by atoms with Crippen molar-refractivity contribution in [2.45, 2.75) is 26.3 Å². The van der Waals surface area contributed by atoms with Gasteiger partial charge in [0.25, 0.3) is 11.5 Å². The lowest BCUT2D eigenvalue weighted by molar-refractivity contribution is 0.103. The second-order valence-corrected chi connectivity index (χ2v) is 8.74. The van der Waals surface area contributed by atoms with Gasteiger partial charge in [0, 0.05) is 18.7 Å². The maximum absolute atomic E-state index is 12.9. The number of halogens is 1. The molecule has 1 amide bonds. The minimum absolute atomic E-state index is 0.0497. The first kappa shape index (κ1) is 19.8. The van der Waals surface area contributed by atoms with Crippen LogP contribution >= 0.6 is 22.9 Å². The third kappa shape index (κ3) is 3.60. The second-order valence-electron chi connectivity index (χ2n) is 7.34. The number of ether oxygens (including phenoxy) is 1. The van der Waals surface area contributed by atoms with Crippen LogP contribution in [-0.2, 0) is 13.0 Å². The zero-order chi connectivity index (χ0) is 21.5. The molecule has 0 unspecified atom stereocenters. The number of hydrogen-bond acceptors (Lipinski definition) is 5. The van der Waals surface area contributed by atoms with Crippen molar-refractivity contribution < 1.29 is 9.53 Å². The molecular weight excluding hydrogens is 434 g/mol. The summed E-state index contributed by atoms with van der Waals surface area (Å²) in [7, 11) is 0. The van der Waals surface area contributed by atoms with Crippen LogP contribution in [0, 0.1) is 6.92 Å². The average molecular weight is 452 g/mol. The SMILES string of the molecule is Cc1c(C(=O)Nc2ccc(Oc3ccccc3Cl)cc2)sc2nc3n(c(=O)c12)CCC3. The van der Waals surface area contributed by atoms with E-state index >= 15 is 0 Å². The molecule has 8 heteroatoms. The molecule has 3 heterocycles. The quantitative estimate of drug-likeness (QED) is 0.450. The van der Waals surface area contributed by atoms with Crippen LogP contribution in [-0.4, -0.2) is 15.5 Å². The molecule has 2 aromatic carbocycles. The van der Waals surface area contributed by atoms with Crippen LogP contribution in [0.4, 0.5) is 5.69 Å². The summed E-state index contributed by atoms with van der Waals surface area (Å²) in [6, 6.07) is 14.3. The summed E-state index contributed by atoms with van der Waals surface area (Å²) in [5.74, 6) is 1.72. The van der Waals surface area contributed by atoms with Gasteiger partial charge in [-0.1, -0.05) is 23.7 Å². The van der Waals surface area contributed by atoms with Crippen LogP contribution in [0.25, 0.3) is 10.2 Å². The van der Waals surface area contributed by atoms with E-state index < -0.39 is 0 Å². The van der Waals surface area contributed by atoms with Crippen molar-refractivity contribution in [1.82, 2.24) is 9.55 Å². The molecule has 2 aromatic heterocycles. The van der Waals surface area contributed by atoms with Crippen molar-refractivity contribution in [2.75, 3.05) is 5.32 Å². The topological polar surface area (TPSA) is 73.2 Å². The molecule has 0 saturated carbocycles. The number of benzene rings is 2. The maximum atomic E-state index is 12.9. The number of hydrogen-bond donors (Lipinski definition) is 1. The minimum atomic E-state index is -0.259. The molecule has 0 radical (unpaired) electrons. The Morgan fingerprint density at radius 1 is 1.19 bits per heavy atom. The van der Waals surface area contributed by atoms with Crippen molar-refractivity contribution in [3.63, 3.8) is 0 Å². The first-order valence-electron chi connectivity index (χ1n) is 9.88. The first-order valence-corrected chi connectivity index (χ1v) is 11.1. The number of nitrogens with zero attached hydrogens (tertiary/aromatic N) is 2. The molecule has 0 saturated heterocycles. The zero-order valence-corrected chi connectivity index (χ0v) is 18.2. The molecule has 1 aliphatic heterocycles. The number of anilines is 1. The third-order valence-corrected chi connectivity index (χ3v) is 6.79. The number of para-hydroxylation sites is 1. The number of nitrogens with one attached hydrogen (secondary N) is 1. The number of carbonyl (C=O) groups is 1. The Bertz CT molecular complexity index is 1380. The minimum Gasteiger partial charge on any atom is -0.456 e. The summed E-state index contributed by atoms with van der Waals surface area (Å²) >= 11 is 7.39. The Kier molecular flexibility index (Phi) is 5.00. The molecule has 0 aliphatic carbocycles. The molecule has 0 spiro atoms. The molecule has 156 valence electrons. The lowest BCUT2D eigenvalue weighted by atomic mass is 10.2. The molecule has 5 rings (SSSR count). The van der Waals surface area contributed by atoms with Gasteiger partial charge in [0.15, 0.2) is 0 Å². The van der Waals surface area contributed by atoms with Gasteiger partial charge in [0.2, 0.25) is 0 Å². The van der Waals surface area contributed by atoms with Gasteiger partial charge in [0.05, 0.1) is 15.3 Å². The Morgan fingerprint density at radius 3 is 2.74 bits per heavy atom. The van der Waals surface area contributed by atoms with E-state index in [4.69, 9.17) is 16.3 Å². The summed E-state index contributed by atoms with van der Waals surface area (Å²) < 4.78 is 7.50. The van der Waals surface area contributed by atoms with E-state index in [2.05, 4.69) is 10.3 Å². The van der Waals surface area contributed by atoms with Crippen LogP contribution in [0.2, 0.25) is 5.02 Å². The second kappa shape index (κ2) is 7.83. The highest BCUT2D eigenvalue weighted by atomic mass is 35.5. The van der Waals surface area contributed by atoms with Crippen LogP contribution in [0.15, 0.2) is 53.3 Å². The molecule has 0 atom stereocenters. The van der Waals surface area contributed by atoms with Gasteiger partial charge in [-0.15, -0.1) is 11.3 Å². The normalized spacial score (nSPS) is 12.7. The molecule has 31 heavy (non-hydrogen) atoms. The van der Waals surface area contributed by atoms with Gasteiger partial charge >= 0.3 is 0 Å². The van der Waals surface area contributed by atoms with Crippen LogP contribution < -0.4 is 15.6 Å². The highest BCUT2D eigenvalue weighted by molar-refractivity contribution is 7.20. The smallest absolute Gasteiger partial charge is 0.266 e. The zero-order valence-electron chi connectivity index (χ0n) is 16.6. The van der Waals surface area contributed by atoms with Crippen molar-refractivity contribution in [3.05, 3.63) is 80.2 Å². The number of fused-ring (bicyclic) bond motifs is 2. The summed E-state index contributed by atoms with van der Waals surface area (Å²) in [5.41, 5.74) is 1.25. The van der Waals surface area contributed by atoms with Crippen molar-refractivity contribution in [1.29, 1.82) is 0 Å². The molecule has 0 bridgehead atoms. The Labute approximate surface area is 187 Å². The van der Waals surface area contributed by atoms with E-state index in [-0.39, 0.29) is 11.5 Å². The molecule has 0 fully saturated rings. The molecular formula is C23H18ClN3O3S. The van der Waals surface area contributed by atoms with E-state index in [1.54, 1.807) is 47.9 Å². The van der Waals surface area contributed by atoms with Gasteiger partial charge in [-0.2, -0.15) is 0 Å². The van der Waals surface area contributed by atoms with E-state index in [0.717, 1.165) is 18.7 Å². The number of aryl methyl sites for hydroxylation is 2. The fourth-order valence-electron chi connectivity index (χ4n) is 3.74. The van der Waals surface area contributed by atoms with E-state index in [9.17, 15) is 9.59 Å². The number of amides is 1. The van der Waals surface area contributed by atoms with Crippen LogP contribution in [0.1, 0.15) is 27.5 Å². The Hall–Kier alpha value is -3.16. The molecule has 1 N–H and O–H groups in total. The molecule has 6 nitrogen and oxygen atoms in total. The van der Waals surface area contributed by atoms with Gasteiger partial charge in [-0.3, -0.25) is 14.2 Å². The van der Waals surface area contributed by atoms with E-state index in [0.29, 0.717) is 49.4 Å². The number of aromatic nitrogens is 2. The lowest BCUT2D eigenvalue weighted by Gasteiger charge is -2.09. The summed E-state index contributed by atoms with van der Waals surface area (Å²) in [4.78, 5) is 31.5. The molecule has 1 aliphatic rings. The Balaban J connectivity index is 1.37. The van der Waals surface area contributed by atoms with Crippen LogP contribution in [0.3, 0.4) is 0 Å². The standard InChI is InChI=1S/C23H18ClN3O3S/c1-13-19-22(26-18-7-4-12-27(18)23(19)29)31-20(13)21(28)25-14-8-10-15(11-9-14)30-17-6-3-2-5-16(17)24/h2-3,5-6,8-11H,4,7,12H2,1H3,(H,25,28). The summed E-state index contributed by atoms with van der Waals surface area (Å²) in [6.45, 7) is 2.50. The maximum Gasteiger partial charge on any atom is 0.266 e. The van der Waals surface area contributed by atoms with Gasteiger partial charge in [0.1, 0.15) is 22.2 Å². The van der Waals surface area contributed by atoms with Crippen molar-refractivity contribution in [3.8, 4) is 11.5 Å². The van der Waals surface area contributed by atoms with Crippen molar-refractivity contribution in [2.24, 2.45) is 0 Å². The average Bonchev–Trinajstić information content (AvgIpc) is 3.36. The van der Waals surface area contributed by atoms with E-state index in [1.807, 2.05) is 12.1 Å². The Morgan fingerprint density at radius 2 is 1.97 bits per heavy atom. The first-order chi connectivity index (χ1) is 15.0. The highest BCUT2D eigenvalue weighted by Gasteiger charge is 2.23.